The number of terminal acetylenes is 1. The summed E-state index contributed by atoms with van der Waals surface area (Å²) >= 11 is 0. The smallest absolute Gasteiger partial charge is 0.0952 e. The fourth-order valence-electron chi connectivity index (χ4n) is 0.606. The van der Waals surface area contributed by atoms with Crippen molar-refractivity contribution in [2.75, 3.05) is 6.61 Å². The maximum atomic E-state index is 5.09. The minimum Gasteiger partial charge on any atom is -0.236 e. The Morgan fingerprint density at radius 1 is 1.25 bits per heavy atom. The van der Waals surface area contributed by atoms with E-state index in [1.54, 1.807) is 0 Å². The van der Waals surface area contributed by atoms with Gasteiger partial charge in [0.25, 0.3) is 0 Å². The fraction of sp³-hybridized carbons (Fsp3) is 0.800. The lowest BCUT2D eigenvalue weighted by atomic mass is 10.2. The molecule has 0 aliphatic rings. The van der Waals surface area contributed by atoms with Crippen molar-refractivity contribution in [1.82, 2.24) is 0 Å². The minimum absolute atomic E-state index is 0.216. The van der Waals surface area contributed by atoms with Crippen molar-refractivity contribution in [3.63, 3.8) is 0 Å². The van der Waals surface area contributed by atoms with Gasteiger partial charge in [0.1, 0.15) is 0 Å². The van der Waals surface area contributed by atoms with Crippen LogP contribution < -0.4 is 0 Å². The van der Waals surface area contributed by atoms with E-state index in [0.29, 0.717) is 6.61 Å². The van der Waals surface area contributed by atoms with Crippen molar-refractivity contribution >= 4 is 0 Å². The lowest BCUT2D eigenvalue weighted by Gasteiger charge is -2.17. The lowest BCUT2D eigenvalue weighted by molar-refractivity contribution is -0.348. The van der Waals surface area contributed by atoms with Gasteiger partial charge in [-0.25, -0.2) is 9.78 Å². The van der Waals surface area contributed by atoms with Gasteiger partial charge in [-0.05, 0) is 33.6 Å². The number of hydrogen-bond donors (Lipinski definition) is 0. The molecule has 0 aliphatic heterocycles. The summed E-state index contributed by atoms with van der Waals surface area (Å²) in [6.45, 7) is 6.48. The first-order valence-electron chi connectivity index (χ1n) is 4.30. The van der Waals surface area contributed by atoms with Gasteiger partial charge in [-0.15, -0.1) is 12.3 Å². The maximum Gasteiger partial charge on any atom is 0.0952 e. The quantitative estimate of drug-likeness (QED) is 0.273. The second-order valence-electron chi connectivity index (χ2n) is 3.68. The highest BCUT2D eigenvalue weighted by atomic mass is 17.2. The van der Waals surface area contributed by atoms with Crippen LogP contribution in [0.5, 0.6) is 0 Å². The Hall–Kier alpha value is -0.520. The van der Waals surface area contributed by atoms with Gasteiger partial charge in [-0.2, -0.15) is 0 Å². The standard InChI is InChI=1S/C10H18O2/c1-5-6-7-8-9-11-12-10(2,3)4/h1H,6-9H2,2-4H3. The van der Waals surface area contributed by atoms with E-state index in [0.717, 1.165) is 19.3 Å². The zero-order chi connectivity index (χ0) is 9.45. The molecular weight excluding hydrogens is 152 g/mol. The van der Waals surface area contributed by atoms with Crippen molar-refractivity contribution in [3.05, 3.63) is 0 Å². The molecule has 0 heterocycles. The summed E-state index contributed by atoms with van der Waals surface area (Å²) < 4.78 is 0. The maximum absolute atomic E-state index is 5.09. The Kier molecular flexibility index (Phi) is 5.79. The molecule has 0 aromatic carbocycles. The van der Waals surface area contributed by atoms with E-state index in [1.165, 1.54) is 0 Å². The second kappa shape index (κ2) is 6.05. The van der Waals surface area contributed by atoms with Gasteiger partial charge in [0, 0.05) is 6.42 Å². The zero-order valence-corrected chi connectivity index (χ0v) is 8.22. The fourth-order valence-corrected chi connectivity index (χ4v) is 0.606. The number of hydrogen-bond acceptors (Lipinski definition) is 2. The van der Waals surface area contributed by atoms with Crippen LogP contribution in [-0.2, 0) is 9.78 Å². The molecule has 0 saturated heterocycles. The monoisotopic (exact) mass is 170 g/mol. The van der Waals surface area contributed by atoms with Crippen LogP contribution in [-0.4, -0.2) is 12.2 Å². The highest BCUT2D eigenvalue weighted by Gasteiger charge is 2.10. The molecule has 0 aromatic heterocycles. The summed E-state index contributed by atoms with van der Waals surface area (Å²) in [4.78, 5) is 10.0. The second-order valence-corrected chi connectivity index (χ2v) is 3.68. The Balaban J connectivity index is 3.07. The van der Waals surface area contributed by atoms with E-state index in [4.69, 9.17) is 16.2 Å². The molecule has 2 nitrogen and oxygen atoms in total. The van der Waals surface area contributed by atoms with Crippen molar-refractivity contribution in [3.8, 4) is 12.3 Å². The van der Waals surface area contributed by atoms with Gasteiger partial charge in [0.2, 0.25) is 0 Å². The Labute approximate surface area is 75.2 Å². The molecule has 2 heteroatoms. The van der Waals surface area contributed by atoms with E-state index >= 15 is 0 Å². The first kappa shape index (κ1) is 11.5. The normalized spacial score (nSPS) is 11.2. The minimum atomic E-state index is -0.216. The van der Waals surface area contributed by atoms with Crippen LogP contribution in [0.15, 0.2) is 0 Å². The molecule has 12 heavy (non-hydrogen) atoms. The molecule has 0 rings (SSSR count). The van der Waals surface area contributed by atoms with Crippen LogP contribution in [0.4, 0.5) is 0 Å². The third-order valence-corrected chi connectivity index (χ3v) is 1.11. The Morgan fingerprint density at radius 2 is 1.92 bits per heavy atom. The third-order valence-electron chi connectivity index (χ3n) is 1.11. The van der Waals surface area contributed by atoms with E-state index in [9.17, 15) is 0 Å². The average Bonchev–Trinajstić information content (AvgIpc) is 1.94. The van der Waals surface area contributed by atoms with Crippen molar-refractivity contribution in [1.29, 1.82) is 0 Å². The van der Waals surface area contributed by atoms with Crippen LogP contribution >= 0.6 is 0 Å². The molecule has 0 fully saturated rings. The molecule has 0 amide bonds. The number of unbranched alkanes of at least 4 members (excludes halogenated alkanes) is 2. The van der Waals surface area contributed by atoms with Gasteiger partial charge >= 0.3 is 0 Å². The molecule has 0 bridgehead atoms. The van der Waals surface area contributed by atoms with E-state index < -0.39 is 0 Å². The average molecular weight is 170 g/mol. The summed E-state index contributed by atoms with van der Waals surface area (Å²) in [5.74, 6) is 2.58. The topological polar surface area (TPSA) is 18.5 Å². The predicted molar refractivity (Wildman–Crippen MR) is 49.5 cm³/mol. The van der Waals surface area contributed by atoms with Gasteiger partial charge in [0.05, 0.1) is 12.2 Å². The van der Waals surface area contributed by atoms with Crippen molar-refractivity contribution < 1.29 is 9.78 Å². The van der Waals surface area contributed by atoms with Crippen molar-refractivity contribution in [2.45, 2.75) is 45.6 Å². The molecule has 0 N–H and O–H groups in total. The van der Waals surface area contributed by atoms with Crippen LogP contribution in [0.2, 0.25) is 0 Å². The largest absolute Gasteiger partial charge is 0.236 e. The van der Waals surface area contributed by atoms with Crippen LogP contribution in [0.3, 0.4) is 0 Å². The molecule has 0 spiro atoms. The van der Waals surface area contributed by atoms with Crippen molar-refractivity contribution in [2.24, 2.45) is 0 Å². The van der Waals surface area contributed by atoms with E-state index in [2.05, 4.69) is 5.92 Å². The molecule has 0 radical (unpaired) electrons. The summed E-state index contributed by atoms with van der Waals surface area (Å²) in [5, 5.41) is 0. The van der Waals surface area contributed by atoms with Gasteiger partial charge in [0.15, 0.2) is 0 Å². The van der Waals surface area contributed by atoms with Gasteiger partial charge in [-0.1, -0.05) is 0 Å². The SMILES string of the molecule is C#CCCCCOOC(C)(C)C. The molecule has 0 atom stereocenters. The van der Waals surface area contributed by atoms with Gasteiger partial charge in [-0.3, -0.25) is 0 Å². The Bertz CT molecular complexity index is 139. The molecule has 0 aliphatic carbocycles. The first-order valence-corrected chi connectivity index (χ1v) is 4.30. The molecule has 0 aromatic rings. The summed E-state index contributed by atoms with van der Waals surface area (Å²) in [6.07, 6.45) is 7.87. The molecule has 0 saturated carbocycles. The van der Waals surface area contributed by atoms with Crippen LogP contribution in [0.25, 0.3) is 0 Å². The molecular formula is C10H18O2. The summed E-state index contributed by atoms with van der Waals surface area (Å²) in [5.41, 5.74) is -0.216. The molecule has 0 unspecified atom stereocenters. The van der Waals surface area contributed by atoms with Crippen LogP contribution in [0.1, 0.15) is 40.0 Å². The van der Waals surface area contributed by atoms with E-state index in [1.807, 2.05) is 20.8 Å². The third kappa shape index (κ3) is 9.48. The first-order chi connectivity index (χ1) is 5.56. The summed E-state index contributed by atoms with van der Waals surface area (Å²) in [7, 11) is 0. The highest BCUT2D eigenvalue weighted by Crippen LogP contribution is 2.07. The Morgan fingerprint density at radius 3 is 2.42 bits per heavy atom. The van der Waals surface area contributed by atoms with Gasteiger partial charge < -0.3 is 0 Å². The zero-order valence-electron chi connectivity index (χ0n) is 8.22. The molecule has 70 valence electrons. The van der Waals surface area contributed by atoms with E-state index in [-0.39, 0.29) is 5.60 Å². The lowest BCUT2D eigenvalue weighted by Crippen LogP contribution is -2.19. The highest BCUT2D eigenvalue weighted by molar-refractivity contribution is 4.82. The number of rotatable bonds is 5. The summed E-state index contributed by atoms with van der Waals surface area (Å²) in [6, 6.07) is 0. The van der Waals surface area contributed by atoms with Crippen LogP contribution in [0, 0.1) is 12.3 Å². The predicted octanol–water partition coefficient (Wildman–Crippen LogP) is 2.54.